The highest BCUT2D eigenvalue weighted by Gasteiger charge is 1.62. The molecule has 0 rings (SSSR count). The summed E-state index contributed by atoms with van der Waals surface area (Å²) in [6, 6.07) is 0. The van der Waals surface area contributed by atoms with Gasteiger partial charge in [-0.1, -0.05) is 6.66 Å². The van der Waals surface area contributed by atoms with E-state index in [0.717, 1.165) is 0 Å². The van der Waals surface area contributed by atoms with Crippen molar-refractivity contribution in [3.63, 3.8) is 0 Å². The Morgan fingerprint density at radius 3 is 2.20 bits per heavy atom. The minimum atomic E-state index is -0.487. The van der Waals surface area contributed by atoms with Crippen LogP contribution in [0, 0.1) is 11.1 Å². The second-order valence-electron chi connectivity index (χ2n) is 0.659. The quantitative estimate of drug-likeness (QED) is 0.428. The number of nitriles is 1. The van der Waals surface area contributed by atoms with Gasteiger partial charge in [-0.2, -0.15) is 12.9 Å². The van der Waals surface area contributed by atoms with Gasteiger partial charge in [0.25, 0.3) is 0 Å². The molecule has 0 aromatic rings. The third kappa shape index (κ3) is 4.35. The van der Waals surface area contributed by atoms with Crippen LogP contribution >= 0.6 is 16.5 Å². The van der Waals surface area contributed by atoms with Crippen molar-refractivity contribution in [3.8, 4) is 5.81 Å². The van der Waals surface area contributed by atoms with Crippen molar-refractivity contribution in [1.29, 1.82) is 5.26 Å². The predicted molar refractivity (Wildman–Crippen MR) is 26.8 cm³/mol. The molecule has 0 aromatic heterocycles. The first-order chi connectivity index (χ1) is 2.27. The van der Waals surface area contributed by atoms with Gasteiger partial charge in [0.15, 0.2) is 0 Å². The molecule has 0 aliphatic rings. The van der Waals surface area contributed by atoms with Crippen molar-refractivity contribution >= 4 is 16.5 Å². The lowest BCUT2D eigenvalue weighted by molar-refractivity contribution is 1.57. The topological polar surface area (TPSA) is 23.8 Å². The zero-order valence-corrected chi connectivity index (χ0v) is 4.79. The molecule has 0 amide bonds. The van der Waals surface area contributed by atoms with Gasteiger partial charge >= 0.3 is 0 Å². The predicted octanol–water partition coefficient (Wildman–Crippen LogP) is 1.64. The summed E-state index contributed by atoms with van der Waals surface area (Å²) < 4.78 is 0. The molecule has 0 heterocycles. The Balaban J connectivity index is 2.94. The summed E-state index contributed by atoms with van der Waals surface area (Å²) in [5, 5.41) is 7.87. The zero-order valence-electron chi connectivity index (χ0n) is 2.89. The highest BCUT2D eigenvalue weighted by Crippen LogP contribution is 2.37. The molecule has 0 saturated heterocycles. The second-order valence-corrected chi connectivity index (χ2v) is 3.99. The molecule has 0 fully saturated rings. The molecule has 0 spiro atoms. The summed E-state index contributed by atoms with van der Waals surface area (Å²) >= 11 is 0. The average molecular weight is 104 g/mol. The first-order valence-corrected chi connectivity index (χ1v) is 4.25. The Hall–Kier alpha value is 0.350. The summed E-state index contributed by atoms with van der Waals surface area (Å²) in [7, 11) is 2.63. The van der Waals surface area contributed by atoms with E-state index in [1.807, 2.05) is 12.5 Å². The summed E-state index contributed by atoms with van der Waals surface area (Å²) in [6.07, 6.45) is 0. The smallest absolute Gasteiger partial charge is 0.0541 e. The number of nitrogens with zero attached hydrogens (tertiary/aromatic N) is 1. The van der Waals surface area contributed by atoms with E-state index in [1.165, 1.54) is 0 Å². The summed E-state index contributed by atoms with van der Waals surface area (Å²) in [4.78, 5) is 0. The lowest BCUT2D eigenvalue weighted by atomic mass is 11.8. The molecule has 1 nitrogen and oxygen atoms in total. The first kappa shape index (κ1) is 5.35. The maximum absolute atomic E-state index is 7.87. The van der Waals surface area contributed by atoms with Gasteiger partial charge in [-0.15, -0.1) is 0 Å². The SMILES string of the molecule is CP([PH-])C#N. The largest absolute Gasteiger partial charge is 0.511 e. The van der Waals surface area contributed by atoms with Crippen molar-refractivity contribution in [2.24, 2.45) is 0 Å². The van der Waals surface area contributed by atoms with Crippen LogP contribution in [0.25, 0.3) is 0 Å². The number of hydrogen-bond donors (Lipinski definition) is 0. The van der Waals surface area contributed by atoms with E-state index in [9.17, 15) is 0 Å². The fourth-order valence-electron chi connectivity index (χ4n) is 0. The summed E-state index contributed by atoms with van der Waals surface area (Å²) in [6.45, 7) is 1.84. The van der Waals surface area contributed by atoms with Crippen molar-refractivity contribution in [3.05, 3.63) is 0 Å². The maximum atomic E-state index is 7.87. The second kappa shape index (κ2) is 2.58. The van der Waals surface area contributed by atoms with E-state index >= 15 is 0 Å². The van der Waals surface area contributed by atoms with E-state index in [1.54, 1.807) is 0 Å². The van der Waals surface area contributed by atoms with Crippen LogP contribution in [0.3, 0.4) is 0 Å². The Morgan fingerprint density at radius 2 is 2.20 bits per heavy atom. The number of rotatable bonds is 0. The molecule has 28 valence electrons. The van der Waals surface area contributed by atoms with Gasteiger partial charge in [-0.3, -0.25) is 0 Å². The zero-order chi connectivity index (χ0) is 4.28. The van der Waals surface area contributed by atoms with Crippen LogP contribution in [0.2, 0.25) is 0 Å². The van der Waals surface area contributed by atoms with E-state index < -0.39 is 7.61 Å². The molecular formula is C2H4NP2-. The Labute approximate surface area is 35.2 Å². The van der Waals surface area contributed by atoms with Crippen LogP contribution in [0.5, 0.6) is 0 Å². The summed E-state index contributed by atoms with van der Waals surface area (Å²) in [5.74, 6) is 2.01. The molecule has 0 radical (unpaired) electrons. The molecule has 0 aliphatic carbocycles. The van der Waals surface area contributed by atoms with Crippen LogP contribution < -0.4 is 0 Å². The van der Waals surface area contributed by atoms with Crippen LogP contribution in [-0.4, -0.2) is 6.66 Å². The fraction of sp³-hybridized carbons (Fsp3) is 0.500. The molecular weight excluding hydrogens is 100.0 g/mol. The van der Waals surface area contributed by atoms with Crippen molar-refractivity contribution in [2.45, 2.75) is 0 Å². The minimum Gasteiger partial charge on any atom is -0.511 e. The third-order valence-corrected chi connectivity index (χ3v) is 0.750. The lowest BCUT2D eigenvalue weighted by Gasteiger charge is -1.94. The molecule has 1 atom stereocenters. The fourth-order valence-corrected chi connectivity index (χ4v) is 0. The highest BCUT2D eigenvalue weighted by molar-refractivity contribution is 8.15. The molecule has 0 N–H and O–H groups in total. The molecule has 0 saturated carbocycles. The Bertz CT molecular complexity index is 53.2. The normalized spacial score (nSPS) is 13.0. The van der Waals surface area contributed by atoms with Crippen LogP contribution in [0.4, 0.5) is 0 Å². The van der Waals surface area contributed by atoms with Crippen LogP contribution in [0.15, 0.2) is 0 Å². The van der Waals surface area contributed by atoms with Gasteiger partial charge in [-0.05, 0) is 0 Å². The Morgan fingerprint density at radius 1 is 2.00 bits per heavy atom. The van der Waals surface area contributed by atoms with Gasteiger partial charge in [0, 0.05) is 0 Å². The van der Waals surface area contributed by atoms with Crippen LogP contribution in [-0.2, 0) is 0 Å². The minimum absolute atomic E-state index is 0.487. The summed E-state index contributed by atoms with van der Waals surface area (Å²) in [5.41, 5.74) is 0. The third-order valence-electron chi connectivity index (χ3n) is 0.150. The molecule has 1 unspecified atom stereocenters. The molecule has 0 aromatic carbocycles. The van der Waals surface area contributed by atoms with E-state index in [-0.39, 0.29) is 0 Å². The lowest BCUT2D eigenvalue weighted by Crippen LogP contribution is -1.35. The first-order valence-electron chi connectivity index (χ1n) is 1.12. The van der Waals surface area contributed by atoms with Crippen molar-refractivity contribution < 1.29 is 0 Å². The van der Waals surface area contributed by atoms with Crippen molar-refractivity contribution in [2.75, 3.05) is 6.66 Å². The average Bonchev–Trinajstić information content (AvgIpc) is 1.38. The van der Waals surface area contributed by atoms with E-state index in [4.69, 9.17) is 5.26 Å². The van der Waals surface area contributed by atoms with Crippen molar-refractivity contribution in [1.82, 2.24) is 0 Å². The molecule has 0 bridgehead atoms. The molecule has 0 aliphatic heterocycles. The Kier molecular flexibility index (Phi) is 2.76. The monoisotopic (exact) mass is 104 g/mol. The highest BCUT2D eigenvalue weighted by atomic mass is 32.0. The van der Waals surface area contributed by atoms with Gasteiger partial charge < -0.3 is 8.93 Å². The standard InChI is InChI=1S/C2H4NP2/c1-5(4)2-3/h4H,1H3/q-1. The molecule has 3 heteroatoms. The van der Waals surface area contributed by atoms with E-state index in [0.29, 0.717) is 0 Å². The van der Waals surface area contributed by atoms with Gasteiger partial charge in [0.1, 0.15) is 0 Å². The number of hydrogen-bond acceptors (Lipinski definition) is 1. The van der Waals surface area contributed by atoms with E-state index in [2.05, 4.69) is 8.93 Å². The van der Waals surface area contributed by atoms with Crippen LogP contribution in [0.1, 0.15) is 0 Å². The molecule has 5 heavy (non-hydrogen) atoms. The van der Waals surface area contributed by atoms with Gasteiger partial charge in [0.05, 0.1) is 5.81 Å². The van der Waals surface area contributed by atoms with Gasteiger partial charge in [0.2, 0.25) is 0 Å². The van der Waals surface area contributed by atoms with Gasteiger partial charge in [-0.25, -0.2) is 0 Å². The maximum Gasteiger partial charge on any atom is 0.0541 e.